The number of benzene rings is 1. The third kappa shape index (κ3) is 4.90. The number of rotatable bonds is 5. The van der Waals surface area contributed by atoms with Gasteiger partial charge in [-0.15, -0.1) is 0 Å². The fourth-order valence-electron chi connectivity index (χ4n) is 4.21. The number of likely N-dealkylation sites (N-methyl/N-ethyl adjacent to an activating group) is 1. The van der Waals surface area contributed by atoms with Crippen LogP contribution in [0.1, 0.15) is 36.6 Å². The van der Waals surface area contributed by atoms with Crippen molar-refractivity contribution in [1.82, 2.24) is 20.0 Å². The number of carbonyl (C=O) groups excluding carboxylic acids is 3. The molecule has 8 heteroatoms. The predicted molar refractivity (Wildman–Crippen MR) is 117 cm³/mol. The number of nitrogens with one attached hydrogen (secondary N) is 1. The summed E-state index contributed by atoms with van der Waals surface area (Å²) in [5, 5.41) is 2.98. The average Bonchev–Trinajstić information content (AvgIpc) is 2.72. The number of aryl methyl sites for hydroxylation is 2. The molecule has 168 valence electrons. The lowest BCUT2D eigenvalue weighted by Gasteiger charge is -2.39. The number of hydrogen-bond donors (Lipinski definition) is 1. The Bertz CT molecular complexity index is 903. The van der Waals surface area contributed by atoms with Gasteiger partial charge in [0.05, 0.1) is 18.2 Å². The summed E-state index contributed by atoms with van der Waals surface area (Å²) in [4.78, 5) is 43.0. The van der Waals surface area contributed by atoms with Gasteiger partial charge in [-0.25, -0.2) is 9.59 Å². The molecule has 31 heavy (non-hydrogen) atoms. The molecule has 2 aliphatic rings. The van der Waals surface area contributed by atoms with E-state index in [9.17, 15) is 14.4 Å². The standard InChI is InChI=1S/C23H32N4O4/c1-6-31-22(29)20-19(14-26-9-11-27(12-10-26)17(4)28)25(5)23(30)24-21(20)18-8-7-15(2)13-16(18)3/h7-8,13,21H,6,9-12,14H2,1-5H3,(H,24,30). The number of amides is 3. The van der Waals surface area contributed by atoms with Gasteiger partial charge >= 0.3 is 12.0 Å². The van der Waals surface area contributed by atoms with Gasteiger partial charge in [0.25, 0.3) is 0 Å². The van der Waals surface area contributed by atoms with E-state index in [1.807, 2.05) is 36.9 Å². The zero-order valence-electron chi connectivity index (χ0n) is 19.0. The van der Waals surface area contributed by atoms with Crippen molar-refractivity contribution in [3.05, 3.63) is 46.2 Å². The summed E-state index contributed by atoms with van der Waals surface area (Å²) in [6.45, 7) is 10.7. The van der Waals surface area contributed by atoms with Crippen LogP contribution in [-0.2, 0) is 14.3 Å². The van der Waals surface area contributed by atoms with E-state index in [0.717, 1.165) is 16.7 Å². The van der Waals surface area contributed by atoms with E-state index in [1.165, 1.54) is 4.90 Å². The summed E-state index contributed by atoms with van der Waals surface area (Å²) in [6, 6.07) is 5.16. The summed E-state index contributed by atoms with van der Waals surface area (Å²) in [5.74, 6) is -0.355. The van der Waals surface area contributed by atoms with Gasteiger partial charge in [-0.05, 0) is 31.9 Å². The highest BCUT2D eigenvalue weighted by atomic mass is 16.5. The van der Waals surface area contributed by atoms with Gasteiger partial charge in [-0.3, -0.25) is 14.6 Å². The Balaban J connectivity index is 1.99. The Labute approximate surface area is 183 Å². The topological polar surface area (TPSA) is 82.2 Å². The highest BCUT2D eigenvalue weighted by Crippen LogP contribution is 2.33. The van der Waals surface area contributed by atoms with Crippen molar-refractivity contribution in [1.29, 1.82) is 0 Å². The molecular formula is C23H32N4O4. The molecule has 1 aromatic carbocycles. The Morgan fingerprint density at radius 3 is 2.42 bits per heavy atom. The second-order valence-electron chi connectivity index (χ2n) is 8.16. The van der Waals surface area contributed by atoms with Crippen LogP contribution in [0.15, 0.2) is 29.5 Å². The number of urea groups is 1. The van der Waals surface area contributed by atoms with Gasteiger partial charge in [0.1, 0.15) is 0 Å². The minimum Gasteiger partial charge on any atom is -0.463 e. The molecule has 1 fully saturated rings. The smallest absolute Gasteiger partial charge is 0.338 e. The first-order valence-electron chi connectivity index (χ1n) is 10.7. The first-order valence-corrected chi connectivity index (χ1v) is 10.7. The predicted octanol–water partition coefficient (Wildman–Crippen LogP) is 1.98. The van der Waals surface area contributed by atoms with Gasteiger partial charge < -0.3 is 15.0 Å². The molecule has 3 rings (SSSR count). The maximum absolute atomic E-state index is 13.1. The largest absolute Gasteiger partial charge is 0.463 e. The maximum atomic E-state index is 13.1. The van der Waals surface area contributed by atoms with Gasteiger partial charge in [-0.1, -0.05) is 23.8 Å². The number of esters is 1. The van der Waals surface area contributed by atoms with Crippen LogP contribution in [0.5, 0.6) is 0 Å². The van der Waals surface area contributed by atoms with Crippen molar-refractivity contribution in [2.75, 3.05) is 46.4 Å². The minimum absolute atomic E-state index is 0.0650. The zero-order chi connectivity index (χ0) is 22.7. The van der Waals surface area contributed by atoms with Crippen LogP contribution < -0.4 is 5.32 Å². The van der Waals surface area contributed by atoms with Gasteiger partial charge in [-0.2, -0.15) is 0 Å². The lowest BCUT2D eigenvalue weighted by Crippen LogP contribution is -2.52. The summed E-state index contributed by atoms with van der Waals surface area (Å²) >= 11 is 0. The fourth-order valence-corrected chi connectivity index (χ4v) is 4.21. The van der Waals surface area contributed by atoms with Crippen LogP contribution >= 0.6 is 0 Å². The molecule has 2 aliphatic heterocycles. The molecular weight excluding hydrogens is 396 g/mol. The molecule has 1 atom stereocenters. The summed E-state index contributed by atoms with van der Waals surface area (Å²) in [6.07, 6.45) is 0. The molecule has 3 amide bonds. The molecule has 0 saturated carbocycles. The van der Waals surface area contributed by atoms with Crippen molar-refractivity contribution in [2.24, 2.45) is 0 Å². The monoisotopic (exact) mass is 428 g/mol. The van der Waals surface area contributed by atoms with Gasteiger partial charge in [0.2, 0.25) is 5.91 Å². The molecule has 0 bridgehead atoms. The number of piperazine rings is 1. The second-order valence-corrected chi connectivity index (χ2v) is 8.16. The zero-order valence-corrected chi connectivity index (χ0v) is 19.0. The lowest BCUT2D eigenvalue weighted by molar-refractivity contribution is -0.139. The Morgan fingerprint density at radius 1 is 1.16 bits per heavy atom. The van der Waals surface area contributed by atoms with Crippen LogP contribution in [0.25, 0.3) is 0 Å². The molecule has 0 radical (unpaired) electrons. The quantitative estimate of drug-likeness (QED) is 0.726. The summed E-state index contributed by atoms with van der Waals surface area (Å²) < 4.78 is 5.40. The van der Waals surface area contributed by atoms with Crippen molar-refractivity contribution in [3.8, 4) is 0 Å². The Morgan fingerprint density at radius 2 is 1.84 bits per heavy atom. The summed E-state index contributed by atoms with van der Waals surface area (Å²) in [7, 11) is 1.67. The highest BCUT2D eigenvalue weighted by Gasteiger charge is 2.38. The molecule has 1 aromatic rings. The third-order valence-corrected chi connectivity index (χ3v) is 6.00. The van der Waals surface area contributed by atoms with E-state index in [1.54, 1.807) is 20.9 Å². The Kier molecular flexibility index (Phi) is 7.00. The van der Waals surface area contributed by atoms with Crippen molar-refractivity contribution in [2.45, 2.75) is 33.7 Å². The number of nitrogens with zero attached hydrogens (tertiary/aromatic N) is 3. The molecule has 8 nitrogen and oxygen atoms in total. The fraction of sp³-hybridized carbons (Fsp3) is 0.522. The molecule has 0 aromatic heterocycles. The average molecular weight is 429 g/mol. The highest BCUT2D eigenvalue weighted by molar-refractivity contribution is 5.95. The van der Waals surface area contributed by atoms with E-state index in [4.69, 9.17) is 4.74 Å². The minimum atomic E-state index is -0.572. The molecule has 1 unspecified atom stereocenters. The van der Waals surface area contributed by atoms with E-state index >= 15 is 0 Å². The number of ether oxygens (including phenoxy) is 1. The van der Waals surface area contributed by atoms with E-state index in [0.29, 0.717) is 44.0 Å². The normalized spacial score (nSPS) is 20.0. The first-order chi connectivity index (χ1) is 14.7. The van der Waals surface area contributed by atoms with E-state index in [2.05, 4.69) is 10.2 Å². The summed E-state index contributed by atoms with van der Waals surface area (Å²) in [5.41, 5.74) is 4.11. The molecule has 0 aliphatic carbocycles. The molecule has 1 N–H and O–H groups in total. The van der Waals surface area contributed by atoms with Crippen LogP contribution in [0.2, 0.25) is 0 Å². The van der Waals surface area contributed by atoms with Crippen molar-refractivity contribution < 1.29 is 19.1 Å². The number of carbonyl (C=O) groups is 3. The van der Waals surface area contributed by atoms with Crippen LogP contribution in [0, 0.1) is 13.8 Å². The lowest BCUT2D eigenvalue weighted by atomic mass is 9.90. The van der Waals surface area contributed by atoms with Crippen molar-refractivity contribution in [3.63, 3.8) is 0 Å². The van der Waals surface area contributed by atoms with Crippen LogP contribution in [-0.4, -0.2) is 79.0 Å². The number of hydrogen-bond acceptors (Lipinski definition) is 5. The van der Waals surface area contributed by atoms with Crippen molar-refractivity contribution >= 4 is 17.9 Å². The third-order valence-electron chi connectivity index (χ3n) is 6.00. The molecule has 2 heterocycles. The maximum Gasteiger partial charge on any atom is 0.338 e. The SMILES string of the molecule is CCOC(=O)C1=C(CN2CCN(C(C)=O)CC2)N(C)C(=O)NC1c1ccc(C)cc1C. The second kappa shape index (κ2) is 9.51. The van der Waals surface area contributed by atoms with Gasteiger partial charge in [0.15, 0.2) is 0 Å². The molecule has 1 saturated heterocycles. The van der Waals surface area contributed by atoms with Gasteiger partial charge in [0, 0.05) is 52.4 Å². The Hall–Kier alpha value is -2.87. The van der Waals surface area contributed by atoms with Crippen LogP contribution in [0.4, 0.5) is 4.79 Å². The first kappa shape index (κ1) is 22.8. The van der Waals surface area contributed by atoms with Crippen LogP contribution in [0.3, 0.4) is 0 Å². The van der Waals surface area contributed by atoms with E-state index < -0.39 is 12.0 Å². The molecule has 0 spiro atoms. The van der Waals surface area contributed by atoms with E-state index in [-0.39, 0.29) is 18.5 Å².